The second kappa shape index (κ2) is 9.87. The van der Waals surface area contributed by atoms with Crippen LogP contribution in [0.5, 0.6) is 0 Å². The highest BCUT2D eigenvalue weighted by Crippen LogP contribution is 2.13. The van der Waals surface area contributed by atoms with E-state index in [2.05, 4.69) is 10.3 Å². The lowest BCUT2D eigenvalue weighted by molar-refractivity contribution is -0.694. The number of halogens is 1. The molecule has 0 aliphatic heterocycles. The molecule has 0 amide bonds. The second-order valence-electron chi connectivity index (χ2n) is 7.26. The van der Waals surface area contributed by atoms with E-state index in [9.17, 15) is 14.7 Å². The molecular weight excluding hydrogens is 394 g/mol. The number of unbranched alkanes of at least 4 members (excludes halogenated alkanes) is 1. The molecule has 2 aromatic heterocycles. The van der Waals surface area contributed by atoms with Gasteiger partial charge in [-0.2, -0.15) is 0 Å². The zero-order valence-electron chi connectivity index (χ0n) is 17.0. The third-order valence-corrected chi connectivity index (χ3v) is 5.25. The van der Waals surface area contributed by atoms with Crippen molar-refractivity contribution in [3.05, 3.63) is 63.1 Å². The number of benzene rings is 1. The van der Waals surface area contributed by atoms with Crippen molar-refractivity contribution in [3.63, 3.8) is 0 Å². The van der Waals surface area contributed by atoms with Gasteiger partial charge < -0.3 is 27.4 Å². The van der Waals surface area contributed by atoms with Gasteiger partial charge in [0.05, 0.1) is 12.9 Å². The van der Waals surface area contributed by atoms with Gasteiger partial charge in [-0.1, -0.05) is 30.3 Å². The van der Waals surface area contributed by atoms with Gasteiger partial charge in [0.2, 0.25) is 0 Å². The van der Waals surface area contributed by atoms with Gasteiger partial charge in [0.15, 0.2) is 11.2 Å². The molecule has 8 nitrogen and oxygen atoms in total. The summed E-state index contributed by atoms with van der Waals surface area (Å²) >= 11 is 0. The number of nitrogens with two attached hydrogens (primary N) is 1. The maximum Gasteiger partial charge on any atom is 0.332 e. The van der Waals surface area contributed by atoms with Gasteiger partial charge >= 0.3 is 5.69 Å². The first-order chi connectivity index (χ1) is 13.4. The molecule has 0 saturated carbocycles. The van der Waals surface area contributed by atoms with Crippen molar-refractivity contribution in [2.75, 3.05) is 6.54 Å². The van der Waals surface area contributed by atoms with Crippen molar-refractivity contribution in [1.29, 1.82) is 0 Å². The second-order valence-corrected chi connectivity index (χ2v) is 7.26. The van der Waals surface area contributed by atoms with E-state index in [-0.39, 0.29) is 29.7 Å². The fraction of sp³-hybridized carbons (Fsp3) is 0.450. The molecule has 1 aromatic carbocycles. The van der Waals surface area contributed by atoms with Crippen LogP contribution in [-0.4, -0.2) is 36.4 Å². The Hall–Kier alpha value is -2.42. The van der Waals surface area contributed by atoms with Crippen LogP contribution in [-0.2, 0) is 20.6 Å². The number of aryl methyl sites for hydroxylation is 2. The van der Waals surface area contributed by atoms with Crippen molar-refractivity contribution in [2.45, 2.75) is 38.5 Å². The number of nitrogens with zero attached hydrogens (tertiary/aromatic N) is 4. The van der Waals surface area contributed by atoms with Gasteiger partial charge in [0, 0.05) is 20.6 Å². The first kappa shape index (κ1) is 22.9. The summed E-state index contributed by atoms with van der Waals surface area (Å²) in [7, 11) is 3.10. The number of rotatable bonds is 8. The van der Waals surface area contributed by atoms with Crippen molar-refractivity contribution < 1.29 is 22.8 Å². The number of quaternary nitrogens is 1. The smallest absolute Gasteiger partial charge is 0.332 e. The molecule has 3 aromatic rings. The molecule has 0 spiro atoms. The van der Waals surface area contributed by atoms with Crippen LogP contribution in [0.2, 0.25) is 0 Å². The number of imidazole rings is 1. The van der Waals surface area contributed by atoms with E-state index in [1.54, 1.807) is 13.4 Å². The summed E-state index contributed by atoms with van der Waals surface area (Å²) in [5.74, 6) is 0. The summed E-state index contributed by atoms with van der Waals surface area (Å²) in [6.07, 6.45) is 2.94. The Morgan fingerprint density at radius 1 is 1.10 bits per heavy atom. The lowest BCUT2D eigenvalue weighted by Crippen LogP contribution is -3.00. The molecule has 0 aliphatic carbocycles. The maximum atomic E-state index is 12.4. The molecule has 158 valence electrons. The van der Waals surface area contributed by atoms with Crippen LogP contribution in [0.4, 0.5) is 0 Å². The fourth-order valence-electron chi connectivity index (χ4n) is 3.46. The van der Waals surface area contributed by atoms with Crippen molar-refractivity contribution in [2.24, 2.45) is 14.1 Å². The van der Waals surface area contributed by atoms with Gasteiger partial charge in [0.1, 0.15) is 12.1 Å². The van der Waals surface area contributed by atoms with E-state index in [1.807, 2.05) is 41.8 Å². The zero-order valence-corrected chi connectivity index (χ0v) is 17.7. The number of aromatic nitrogens is 4. The number of hydrogen-bond donors (Lipinski definition) is 2. The number of aliphatic hydroxyl groups excluding tert-OH is 1. The molecule has 2 unspecified atom stereocenters. The average Bonchev–Trinajstić information content (AvgIpc) is 3.14. The quantitative estimate of drug-likeness (QED) is 0.376. The average molecular weight is 422 g/mol. The maximum absolute atomic E-state index is 12.4. The molecule has 2 heterocycles. The normalized spacial score (nSPS) is 13.2. The van der Waals surface area contributed by atoms with Gasteiger partial charge in [-0.25, -0.2) is 9.78 Å². The largest absolute Gasteiger partial charge is 1.00 e. The third-order valence-electron chi connectivity index (χ3n) is 5.25. The molecule has 9 heteroatoms. The summed E-state index contributed by atoms with van der Waals surface area (Å²) in [5, 5.41) is 12.6. The van der Waals surface area contributed by atoms with Crippen LogP contribution in [0.25, 0.3) is 11.2 Å². The van der Waals surface area contributed by atoms with E-state index >= 15 is 0 Å². The van der Waals surface area contributed by atoms with Gasteiger partial charge in [-0.05, 0) is 25.3 Å². The summed E-state index contributed by atoms with van der Waals surface area (Å²) in [6, 6.07) is 9.75. The Morgan fingerprint density at radius 2 is 1.79 bits per heavy atom. The molecule has 0 fully saturated rings. The standard InChI is InChI=1S/C20H27N5O3.ClH/c1-14(17(26)15-9-5-4-6-10-15)21-11-7-8-12-25-13-22-18-16(25)19(27)24(3)20(28)23(18)2;/h4-6,9-10,13-14,17,21,26H,7-8,11-12H2,1-3H3;1H. The van der Waals surface area contributed by atoms with Crippen LogP contribution in [0.15, 0.2) is 46.2 Å². The minimum atomic E-state index is -0.497. The van der Waals surface area contributed by atoms with E-state index < -0.39 is 6.10 Å². The minimum Gasteiger partial charge on any atom is -1.00 e. The van der Waals surface area contributed by atoms with Crippen LogP contribution in [0.3, 0.4) is 0 Å². The molecular formula is C20H28ClN5O3. The number of aliphatic hydroxyl groups is 1. The monoisotopic (exact) mass is 421 g/mol. The van der Waals surface area contributed by atoms with Gasteiger partial charge in [-0.15, -0.1) is 0 Å². The van der Waals surface area contributed by atoms with Crippen LogP contribution in [0, 0.1) is 0 Å². The van der Waals surface area contributed by atoms with Crippen LogP contribution in [0.1, 0.15) is 31.4 Å². The molecule has 29 heavy (non-hydrogen) atoms. The predicted molar refractivity (Wildman–Crippen MR) is 107 cm³/mol. The van der Waals surface area contributed by atoms with E-state index in [1.165, 1.54) is 11.6 Å². The molecule has 0 radical (unpaired) electrons. The summed E-state index contributed by atoms with van der Waals surface area (Å²) < 4.78 is 4.33. The fourth-order valence-corrected chi connectivity index (χ4v) is 3.46. The van der Waals surface area contributed by atoms with Crippen molar-refractivity contribution in [1.82, 2.24) is 18.7 Å². The van der Waals surface area contributed by atoms with Gasteiger partial charge in [-0.3, -0.25) is 13.9 Å². The molecule has 3 N–H and O–H groups in total. The molecule has 2 atom stereocenters. The molecule has 0 bridgehead atoms. The number of hydrogen-bond acceptors (Lipinski definition) is 4. The van der Waals surface area contributed by atoms with Crippen molar-refractivity contribution in [3.8, 4) is 0 Å². The predicted octanol–water partition coefficient (Wildman–Crippen LogP) is -3.10. The minimum absolute atomic E-state index is 0. The van der Waals surface area contributed by atoms with E-state index in [4.69, 9.17) is 0 Å². The third kappa shape index (κ3) is 4.77. The Balaban J connectivity index is 0.00000300. The molecule has 3 rings (SSSR count). The Morgan fingerprint density at radius 3 is 2.48 bits per heavy atom. The van der Waals surface area contributed by atoms with E-state index in [0.717, 1.165) is 29.5 Å². The highest BCUT2D eigenvalue weighted by molar-refractivity contribution is 5.69. The van der Waals surface area contributed by atoms with Crippen LogP contribution >= 0.6 is 0 Å². The van der Waals surface area contributed by atoms with Gasteiger partial charge in [0.25, 0.3) is 5.56 Å². The topological polar surface area (TPSA) is 98.7 Å². The molecule has 0 aliphatic rings. The zero-order chi connectivity index (χ0) is 20.3. The SMILES string of the molecule is CC([NH2+]CCCCn1cnc2c1c(=O)n(C)c(=O)n2C)C(O)c1ccccc1.[Cl-]. The summed E-state index contributed by atoms with van der Waals surface area (Å²) in [5.41, 5.74) is 1.11. The lowest BCUT2D eigenvalue weighted by Gasteiger charge is -2.17. The summed E-state index contributed by atoms with van der Waals surface area (Å²) in [4.78, 5) is 28.6. The van der Waals surface area contributed by atoms with Crippen molar-refractivity contribution >= 4 is 11.2 Å². The highest BCUT2D eigenvalue weighted by atomic mass is 35.5. The van der Waals surface area contributed by atoms with E-state index in [0.29, 0.717) is 17.7 Å². The Kier molecular flexibility index (Phi) is 7.78. The Labute approximate surface area is 175 Å². The first-order valence-corrected chi connectivity index (χ1v) is 9.59. The summed E-state index contributed by atoms with van der Waals surface area (Å²) in [6.45, 7) is 3.56. The highest BCUT2D eigenvalue weighted by Gasteiger charge is 2.18. The number of fused-ring (bicyclic) bond motifs is 1. The lowest BCUT2D eigenvalue weighted by atomic mass is 10.0. The van der Waals surface area contributed by atoms with Crippen LogP contribution < -0.4 is 29.0 Å². The molecule has 0 saturated heterocycles. The first-order valence-electron chi connectivity index (χ1n) is 9.59. The Bertz CT molecular complexity index is 1060.